The van der Waals surface area contributed by atoms with Crippen LogP contribution in [0.25, 0.3) is 0 Å². The van der Waals surface area contributed by atoms with Gasteiger partial charge in [0, 0.05) is 26.2 Å². The summed E-state index contributed by atoms with van der Waals surface area (Å²) in [5, 5.41) is 0. The van der Waals surface area contributed by atoms with Crippen LogP contribution in [0.2, 0.25) is 0 Å². The molecule has 0 spiro atoms. The van der Waals surface area contributed by atoms with E-state index in [1.165, 1.54) is 0 Å². The fourth-order valence-electron chi connectivity index (χ4n) is 2.63. The number of anilines is 2. The quantitative estimate of drug-likeness (QED) is 0.844. The Morgan fingerprint density at radius 3 is 2.71 bits per heavy atom. The molecule has 0 unspecified atom stereocenters. The lowest BCUT2D eigenvalue weighted by Crippen LogP contribution is -2.41. The number of carbonyl (C=O) groups is 2. The average Bonchev–Trinajstić information content (AvgIpc) is 3.26. The van der Waals surface area contributed by atoms with Crippen molar-refractivity contribution >= 4 is 23.3 Å². The molecule has 0 atom stereocenters. The third-order valence-electron chi connectivity index (χ3n) is 4.14. The molecular formula is C15H20N4O2. The van der Waals surface area contributed by atoms with E-state index in [0.717, 1.165) is 12.8 Å². The monoisotopic (exact) mass is 288 g/mol. The third kappa shape index (κ3) is 2.66. The topological polar surface area (TPSA) is 69.9 Å². The van der Waals surface area contributed by atoms with E-state index in [-0.39, 0.29) is 18.5 Å². The van der Waals surface area contributed by atoms with E-state index in [1.54, 1.807) is 20.8 Å². The van der Waals surface area contributed by atoms with E-state index in [2.05, 4.69) is 0 Å². The number of hydrogen-bond acceptors (Lipinski definition) is 3. The number of amides is 3. The molecule has 2 aliphatic rings. The summed E-state index contributed by atoms with van der Waals surface area (Å²) in [5.74, 6) is 0.00809. The molecule has 3 rings (SSSR count). The molecule has 1 aliphatic carbocycles. The van der Waals surface area contributed by atoms with Crippen molar-refractivity contribution in [3.8, 4) is 0 Å². The first kappa shape index (κ1) is 13.7. The number of urea groups is 1. The van der Waals surface area contributed by atoms with Gasteiger partial charge in [0.2, 0.25) is 5.91 Å². The van der Waals surface area contributed by atoms with E-state index in [1.807, 2.05) is 25.2 Å². The molecule has 1 saturated carbocycles. The molecule has 21 heavy (non-hydrogen) atoms. The van der Waals surface area contributed by atoms with Crippen molar-refractivity contribution in [1.29, 1.82) is 0 Å². The lowest BCUT2D eigenvalue weighted by molar-refractivity contribution is -0.130. The Kier molecular flexibility index (Phi) is 3.45. The van der Waals surface area contributed by atoms with Gasteiger partial charge in [-0.15, -0.1) is 0 Å². The van der Waals surface area contributed by atoms with Crippen molar-refractivity contribution in [3.63, 3.8) is 0 Å². The van der Waals surface area contributed by atoms with Crippen LogP contribution in [0.1, 0.15) is 12.8 Å². The lowest BCUT2D eigenvalue weighted by Gasteiger charge is -2.22. The van der Waals surface area contributed by atoms with Crippen LogP contribution in [0.4, 0.5) is 16.2 Å². The first-order valence-corrected chi connectivity index (χ1v) is 7.24. The van der Waals surface area contributed by atoms with Gasteiger partial charge in [-0.2, -0.15) is 0 Å². The van der Waals surface area contributed by atoms with Crippen molar-refractivity contribution in [3.05, 3.63) is 24.3 Å². The molecule has 1 aromatic carbocycles. The molecule has 0 aromatic heterocycles. The maximum Gasteiger partial charge on any atom is 0.325 e. The Hall–Kier alpha value is -2.24. The normalized spacial score (nSPS) is 18.2. The fraction of sp³-hybridized carbons (Fsp3) is 0.467. The van der Waals surface area contributed by atoms with Crippen LogP contribution in [0, 0.1) is 0 Å². The maximum absolute atomic E-state index is 12.4. The van der Waals surface area contributed by atoms with Gasteiger partial charge in [-0.3, -0.25) is 9.69 Å². The predicted molar refractivity (Wildman–Crippen MR) is 81.0 cm³/mol. The molecular weight excluding hydrogens is 268 g/mol. The van der Waals surface area contributed by atoms with Crippen molar-refractivity contribution in [2.75, 3.05) is 37.3 Å². The Labute approximate surface area is 124 Å². The number of nitrogen functional groups attached to an aromatic ring is 1. The Morgan fingerprint density at radius 1 is 1.33 bits per heavy atom. The minimum Gasteiger partial charge on any atom is -0.397 e. The standard InChI is InChI=1S/C15H20N4O2/c1-17(11-6-7-11)14(20)10-18-8-9-19(15(18)21)13-5-3-2-4-12(13)16/h2-5,11H,6-10,16H2,1H3. The molecule has 112 valence electrons. The highest BCUT2D eigenvalue weighted by atomic mass is 16.2. The van der Waals surface area contributed by atoms with Crippen molar-refractivity contribution in [2.45, 2.75) is 18.9 Å². The van der Waals surface area contributed by atoms with Gasteiger partial charge in [0.05, 0.1) is 11.4 Å². The first-order valence-electron chi connectivity index (χ1n) is 7.24. The summed E-state index contributed by atoms with van der Waals surface area (Å²) in [6.45, 7) is 1.26. The molecule has 2 N–H and O–H groups in total. The Bertz CT molecular complexity index is 571. The zero-order valence-corrected chi connectivity index (χ0v) is 12.2. The number of para-hydroxylation sites is 2. The lowest BCUT2D eigenvalue weighted by atomic mass is 10.2. The zero-order valence-electron chi connectivity index (χ0n) is 12.2. The SMILES string of the molecule is CN(C(=O)CN1CCN(c2ccccc2N)C1=O)C1CC1. The van der Waals surface area contributed by atoms with Crippen LogP contribution in [0.3, 0.4) is 0 Å². The number of hydrogen-bond donors (Lipinski definition) is 1. The molecule has 0 radical (unpaired) electrons. The minimum atomic E-state index is -0.148. The van der Waals surface area contributed by atoms with Gasteiger partial charge in [-0.25, -0.2) is 4.79 Å². The van der Waals surface area contributed by atoms with Crippen LogP contribution in [-0.2, 0) is 4.79 Å². The molecule has 6 nitrogen and oxygen atoms in total. The van der Waals surface area contributed by atoms with E-state index in [4.69, 9.17) is 5.73 Å². The van der Waals surface area contributed by atoms with Gasteiger partial charge >= 0.3 is 6.03 Å². The van der Waals surface area contributed by atoms with Gasteiger partial charge in [-0.1, -0.05) is 12.1 Å². The highest BCUT2D eigenvalue weighted by Crippen LogP contribution is 2.27. The van der Waals surface area contributed by atoms with Gasteiger partial charge < -0.3 is 15.5 Å². The zero-order chi connectivity index (χ0) is 15.0. The van der Waals surface area contributed by atoms with E-state index >= 15 is 0 Å². The summed E-state index contributed by atoms with van der Waals surface area (Å²) in [5.41, 5.74) is 7.21. The third-order valence-corrected chi connectivity index (χ3v) is 4.14. The molecule has 1 heterocycles. The van der Waals surface area contributed by atoms with Crippen molar-refractivity contribution in [1.82, 2.24) is 9.80 Å². The summed E-state index contributed by atoms with van der Waals surface area (Å²) in [6.07, 6.45) is 2.14. The largest absolute Gasteiger partial charge is 0.397 e. The number of nitrogens with two attached hydrogens (primary N) is 1. The molecule has 2 fully saturated rings. The summed E-state index contributed by atoms with van der Waals surface area (Å²) in [7, 11) is 1.81. The Morgan fingerprint density at radius 2 is 2.05 bits per heavy atom. The highest BCUT2D eigenvalue weighted by Gasteiger charge is 2.35. The first-order chi connectivity index (χ1) is 10.1. The van der Waals surface area contributed by atoms with E-state index < -0.39 is 0 Å². The molecule has 6 heteroatoms. The molecule has 3 amide bonds. The minimum absolute atomic E-state index is 0.00809. The van der Waals surface area contributed by atoms with Crippen LogP contribution in [0.5, 0.6) is 0 Å². The average molecular weight is 288 g/mol. The fourth-order valence-corrected chi connectivity index (χ4v) is 2.63. The molecule has 1 saturated heterocycles. The second-order valence-corrected chi connectivity index (χ2v) is 5.65. The van der Waals surface area contributed by atoms with Gasteiger partial charge in [0.15, 0.2) is 0 Å². The Balaban J connectivity index is 1.66. The maximum atomic E-state index is 12.4. The van der Waals surface area contributed by atoms with E-state index in [9.17, 15) is 9.59 Å². The van der Waals surface area contributed by atoms with Gasteiger partial charge in [-0.05, 0) is 25.0 Å². The summed E-state index contributed by atoms with van der Waals surface area (Å²) >= 11 is 0. The van der Waals surface area contributed by atoms with Crippen LogP contribution in [0.15, 0.2) is 24.3 Å². The number of benzene rings is 1. The number of likely N-dealkylation sites (N-methyl/N-ethyl adjacent to an activating group) is 1. The summed E-state index contributed by atoms with van der Waals surface area (Å²) in [4.78, 5) is 29.5. The summed E-state index contributed by atoms with van der Waals surface area (Å²) < 4.78 is 0. The van der Waals surface area contributed by atoms with Gasteiger partial charge in [0.25, 0.3) is 0 Å². The van der Waals surface area contributed by atoms with Crippen LogP contribution in [-0.4, -0.2) is 54.5 Å². The molecule has 1 aliphatic heterocycles. The van der Waals surface area contributed by atoms with Crippen LogP contribution >= 0.6 is 0 Å². The van der Waals surface area contributed by atoms with E-state index in [0.29, 0.717) is 30.5 Å². The molecule has 1 aromatic rings. The smallest absolute Gasteiger partial charge is 0.325 e. The van der Waals surface area contributed by atoms with Crippen molar-refractivity contribution in [2.24, 2.45) is 0 Å². The number of nitrogens with zero attached hydrogens (tertiary/aromatic N) is 3. The van der Waals surface area contributed by atoms with Crippen molar-refractivity contribution < 1.29 is 9.59 Å². The van der Waals surface area contributed by atoms with Gasteiger partial charge in [0.1, 0.15) is 6.54 Å². The number of rotatable bonds is 4. The molecule has 0 bridgehead atoms. The highest BCUT2D eigenvalue weighted by molar-refractivity contribution is 5.98. The summed E-state index contributed by atoms with van der Waals surface area (Å²) in [6, 6.07) is 7.52. The number of carbonyl (C=O) groups excluding carboxylic acids is 2. The second-order valence-electron chi connectivity index (χ2n) is 5.65. The predicted octanol–water partition coefficient (Wildman–Crippen LogP) is 1.13. The van der Waals surface area contributed by atoms with Crippen LogP contribution < -0.4 is 10.6 Å². The second kappa shape index (κ2) is 5.27.